The van der Waals surface area contributed by atoms with Crippen LogP contribution in [-0.2, 0) is 30.5 Å². The summed E-state index contributed by atoms with van der Waals surface area (Å²) in [6, 6.07) is 14.7. The number of nitrogens with zero attached hydrogens (tertiary/aromatic N) is 3. The highest BCUT2D eigenvalue weighted by Gasteiger charge is 2.55. The number of hydrogen-bond donors (Lipinski definition) is 0. The van der Waals surface area contributed by atoms with Gasteiger partial charge in [-0.1, -0.05) is 64.1 Å². The van der Waals surface area contributed by atoms with Gasteiger partial charge in [0, 0.05) is 12.0 Å². The molecule has 0 N–H and O–H groups in total. The van der Waals surface area contributed by atoms with Crippen molar-refractivity contribution >= 4 is 35.0 Å². The van der Waals surface area contributed by atoms with Crippen molar-refractivity contribution in [3.8, 4) is 11.6 Å². The third kappa shape index (κ3) is 8.42. The van der Waals surface area contributed by atoms with Crippen LogP contribution in [0.4, 0.5) is 0 Å². The number of aromatic nitrogens is 2. The molecule has 0 unspecified atom stereocenters. The molecule has 1 amide bonds. The molecule has 3 aromatic rings. The molecular formula is C44H55N3O7. The molecule has 3 heterocycles. The van der Waals surface area contributed by atoms with E-state index in [0.717, 1.165) is 31.2 Å². The number of benzene rings is 2. The normalized spacial score (nSPS) is 29.5. The number of hydrogen-bond acceptors (Lipinski definition) is 9. The predicted octanol–water partition coefficient (Wildman–Crippen LogP) is 7.96. The van der Waals surface area contributed by atoms with E-state index in [2.05, 4.69) is 6.08 Å². The Morgan fingerprint density at radius 1 is 0.926 bits per heavy atom. The van der Waals surface area contributed by atoms with Crippen LogP contribution in [0.25, 0.3) is 17.1 Å². The number of amides is 1. The first-order valence-corrected chi connectivity index (χ1v) is 19.7. The Morgan fingerprint density at radius 2 is 1.70 bits per heavy atom. The summed E-state index contributed by atoms with van der Waals surface area (Å²) in [6.45, 7) is 13.7. The highest BCUT2D eigenvalue weighted by molar-refractivity contribution is 5.90. The second-order valence-electron chi connectivity index (χ2n) is 17.9. The second kappa shape index (κ2) is 15.0. The summed E-state index contributed by atoms with van der Waals surface area (Å²) < 4.78 is 25.0. The maximum absolute atomic E-state index is 14.7. The largest absolute Gasteiger partial charge is 0.489 e. The molecule has 2 aliphatic heterocycles. The van der Waals surface area contributed by atoms with E-state index in [9.17, 15) is 14.4 Å². The van der Waals surface area contributed by atoms with Crippen molar-refractivity contribution in [3.05, 3.63) is 65.9 Å². The zero-order valence-corrected chi connectivity index (χ0v) is 32.7. The Balaban J connectivity index is 1.25. The summed E-state index contributed by atoms with van der Waals surface area (Å²) in [6.07, 6.45) is 8.11. The molecule has 54 heavy (non-hydrogen) atoms. The maximum atomic E-state index is 14.7. The lowest BCUT2D eigenvalue weighted by molar-refractivity contribution is -0.167. The first-order chi connectivity index (χ1) is 25.6. The second-order valence-corrected chi connectivity index (χ2v) is 17.9. The molecular weight excluding hydrogens is 682 g/mol. The van der Waals surface area contributed by atoms with Crippen LogP contribution in [0.1, 0.15) is 98.2 Å². The fourth-order valence-corrected chi connectivity index (χ4v) is 8.60. The number of rotatable bonds is 4. The molecule has 2 saturated carbocycles. The maximum Gasteiger partial charge on any atom is 0.329 e. The molecule has 10 nitrogen and oxygen atoms in total. The van der Waals surface area contributed by atoms with Gasteiger partial charge in [0.1, 0.15) is 41.9 Å². The van der Waals surface area contributed by atoms with E-state index in [-0.39, 0.29) is 30.9 Å². The first kappa shape index (κ1) is 37.8. The molecule has 1 saturated heterocycles. The van der Waals surface area contributed by atoms with Crippen LogP contribution in [0.3, 0.4) is 0 Å². The van der Waals surface area contributed by atoms with E-state index < -0.39 is 41.0 Å². The molecule has 3 fully saturated rings. The van der Waals surface area contributed by atoms with E-state index in [0.29, 0.717) is 52.7 Å². The zero-order valence-electron chi connectivity index (χ0n) is 32.7. The van der Waals surface area contributed by atoms with Crippen LogP contribution in [0.2, 0.25) is 0 Å². The van der Waals surface area contributed by atoms with Crippen LogP contribution in [0.15, 0.2) is 54.6 Å². The minimum absolute atomic E-state index is 0.0595. The number of ether oxygens (including phenoxy) is 4. The van der Waals surface area contributed by atoms with Crippen LogP contribution in [0, 0.1) is 35.0 Å². The summed E-state index contributed by atoms with van der Waals surface area (Å²) in [7, 11) is 0. The summed E-state index contributed by atoms with van der Waals surface area (Å²) in [5.74, 6) is 0.196. The van der Waals surface area contributed by atoms with E-state index in [1.807, 2.05) is 103 Å². The van der Waals surface area contributed by atoms with Gasteiger partial charge in [-0.15, -0.1) is 0 Å². The third-order valence-corrected chi connectivity index (χ3v) is 11.6. The molecule has 10 heteroatoms. The minimum Gasteiger partial charge on any atom is -0.489 e. The summed E-state index contributed by atoms with van der Waals surface area (Å²) in [4.78, 5) is 53.9. The van der Waals surface area contributed by atoms with Crippen molar-refractivity contribution in [2.24, 2.45) is 35.0 Å². The molecule has 1 aromatic heterocycles. The molecule has 0 radical (unpaired) electrons. The average molecular weight is 738 g/mol. The monoisotopic (exact) mass is 737 g/mol. The van der Waals surface area contributed by atoms with E-state index in [4.69, 9.17) is 28.9 Å². The Hall–Kier alpha value is -4.47. The van der Waals surface area contributed by atoms with Gasteiger partial charge in [-0.25, -0.2) is 14.8 Å². The Morgan fingerprint density at radius 3 is 2.44 bits per heavy atom. The standard InChI is InChI=1S/C44H55N3O7/c1-26-37-24-47(39(26)42(50)54-44(5,6)7)41(49)32(43(2,3)4)23-38(48)52-36-21-28-20-31(28)30(36)16-12-9-13-17-34-40(53-37)46-35-22-29(18-19-33(35)45-34)51-25-27-14-10-8-11-15-27/h8,10-11,13-15,17-19,22,26,28,30-32,36-37,39H,9,12,16,20-21,23-25H2,1-7H3/b17-13+/t26-,28+,30-,31+,32-,36-,37+,39+/m1/s1. The topological polar surface area (TPSA) is 117 Å². The summed E-state index contributed by atoms with van der Waals surface area (Å²) >= 11 is 0. The zero-order chi connectivity index (χ0) is 38.4. The highest BCUT2D eigenvalue weighted by atomic mass is 16.6. The summed E-state index contributed by atoms with van der Waals surface area (Å²) in [5, 5.41) is 0. The van der Waals surface area contributed by atoms with Gasteiger partial charge < -0.3 is 23.8 Å². The fraction of sp³-hybridized carbons (Fsp3) is 0.568. The molecule has 8 atom stereocenters. The van der Waals surface area contributed by atoms with Gasteiger partial charge in [0.25, 0.3) is 0 Å². The molecule has 2 aliphatic carbocycles. The molecule has 7 rings (SSSR count). The third-order valence-electron chi connectivity index (χ3n) is 11.6. The Bertz CT molecular complexity index is 1900. The average Bonchev–Trinajstić information content (AvgIpc) is 3.67. The molecule has 2 aromatic carbocycles. The highest BCUT2D eigenvalue weighted by Crippen LogP contribution is 2.58. The fourth-order valence-electron chi connectivity index (χ4n) is 8.60. The van der Waals surface area contributed by atoms with Gasteiger partial charge in [-0.3, -0.25) is 9.59 Å². The van der Waals surface area contributed by atoms with Crippen LogP contribution >= 0.6 is 0 Å². The van der Waals surface area contributed by atoms with Crippen molar-refractivity contribution in [1.29, 1.82) is 0 Å². The van der Waals surface area contributed by atoms with E-state index in [1.165, 1.54) is 6.42 Å². The minimum atomic E-state index is -0.929. The van der Waals surface area contributed by atoms with Crippen LogP contribution in [0.5, 0.6) is 11.6 Å². The number of carbonyl (C=O) groups excluding carboxylic acids is 3. The SMILES string of the molecule is C[C@@H]1[C@@H]2CN(C(=O)[C@H](C(C)(C)C)CC(=O)O[C@@H]3C[C@@H]4C[C@@H]4[C@H]3CCC/C=C/c3nc4ccc(OCc5ccccc5)cc4nc3O2)[C@@H]1C(=O)OC(C)(C)C. The van der Waals surface area contributed by atoms with Gasteiger partial charge in [0.2, 0.25) is 11.8 Å². The molecule has 4 aliphatic rings. The molecule has 288 valence electrons. The lowest BCUT2D eigenvalue weighted by Crippen LogP contribution is -2.50. The van der Waals surface area contributed by atoms with Gasteiger partial charge in [-0.2, -0.15) is 0 Å². The number of carbonyl (C=O) groups is 3. The van der Waals surface area contributed by atoms with Crippen LogP contribution < -0.4 is 9.47 Å². The van der Waals surface area contributed by atoms with E-state index in [1.54, 1.807) is 4.90 Å². The Kier molecular flexibility index (Phi) is 10.5. The predicted molar refractivity (Wildman–Crippen MR) is 205 cm³/mol. The molecule has 0 spiro atoms. The summed E-state index contributed by atoms with van der Waals surface area (Å²) in [5.41, 5.74) is 1.58. The van der Waals surface area contributed by atoms with Gasteiger partial charge >= 0.3 is 11.9 Å². The van der Waals surface area contributed by atoms with E-state index >= 15 is 0 Å². The van der Waals surface area contributed by atoms with Gasteiger partial charge in [-0.05, 0) is 99.8 Å². The smallest absolute Gasteiger partial charge is 0.329 e. The lowest BCUT2D eigenvalue weighted by Gasteiger charge is -2.35. The molecule has 2 bridgehead atoms. The van der Waals surface area contributed by atoms with Crippen molar-refractivity contribution in [3.63, 3.8) is 0 Å². The first-order valence-electron chi connectivity index (χ1n) is 19.7. The number of esters is 2. The van der Waals surface area contributed by atoms with Crippen molar-refractivity contribution in [1.82, 2.24) is 14.9 Å². The van der Waals surface area contributed by atoms with Crippen molar-refractivity contribution in [2.75, 3.05) is 6.54 Å². The quantitative estimate of drug-likeness (QED) is 0.246. The number of allylic oxidation sites excluding steroid dienone is 1. The van der Waals surface area contributed by atoms with Crippen molar-refractivity contribution in [2.45, 2.75) is 117 Å². The van der Waals surface area contributed by atoms with Gasteiger partial charge in [0.15, 0.2) is 0 Å². The van der Waals surface area contributed by atoms with Crippen LogP contribution in [-0.4, -0.2) is 63.1 Å². The van der Waals surface area contributed by atoms with Crippen molar-refractivity contribution < 1.29 is 33.3 Å². The Labute approximate surface area is 319 Å². The lowest BCUT2D eigenvalue weighted by atomic mass is 9.77. The van der Waals surface area contributed by atoms with Gasteiger partial charge in [0.05, 0.1) is 29.9 Å². The number of fused-ring (bicyclic) bond motifs is 7.